The molecule has 1 heterocycles. The van der Waals surface area contributed by atoms with Crippen LogP contribution >= 0.6 is 10.3 Å². The van der Waals surface area contributed by atoms with Crippen LogP contribution in [-0.4, -0.2) is 41.8 Å². The summed E-state index contributed by atoms with van der Waals surface area (Å²) < 4.78 is 5.03. The fourth-order valence-electron chi connectivity index (χ4n) is 1.69. The molecule has 0 radical (unpaired) electrons. The summed E-state index contributed by atoms with van der Waals surface area (Å²) in [5.41, 5.74) is 0. The van der Waals surface area contributed by atoms with E-state index in [4.69, 9.17) is 4.28 Å². The molecule has 0 aliphatic carbocycles. The molecule has 0 bridgehead atoms. The van der Waals surface area contributed by atoms with E-state index in [2.05, 4.69) is 31.1 Å². The van der Waals surface area contributed by atoms with Crippen molar-refractivity contribution < 1.29 is 4.28 Å². The molecule has 1 aliphatic rings. The van der Waals surface area contributed by atoms with Gasteiger partial charge in [0.25, 0.3) is 0 Å². The van der Waals surface area contributed by atoms with Crippen LogP contribution in [0.1, 0.15) is 13.8 Å². The van der Waals surface area contributed by atoms with E-state index < -0.39 is 10.3 Å². The molecule has 1 rings (SSSR count). The van der Waals surface area contributed by atoms with Crippen molar-refractivity contribution >= 4 is 10.3 Å². The molecule has 5 heteroatoms. The summed E-state index contributed by atoms with van der Waals surface area (Å²) in [6, 6.07) is 0.484. The first-order valence-electron chi connectivity index (χ1n) is 4.46. The molecule has 3 unspecified atom stereocenters. The van der Waals surface area contributed by atoms with Crippen molar-refractivity contribution in [3.05, 3.63) is 4.91 Å². The Bertz CT molecular complexity index is 203. The highest BCUT2D eigenvalue weighted by Gasteiger charge is 2.37. The Morgan fingerprint density at radius 2 is 2.15 bits per heavy atom. The first kappa shape index (κ1) is 10.8. The molecule has 0 N–H and O–H groups in total. The van der Waals surface area contributed by atoms with Gasteiger partial charge >= 0.3 is 0 Å². The first-order chi connectivity index (χ1) is 5.99. The van der Waals surface area contributed by atoms with Crippen LogP contribution in [0.5, 0.6) is 0 Å². The maximum Gasteiger partial charge on any atom is 0.166 e. The molecule has 0 saturated carbocycles. The zero-order valence-corrected chi connectivity index (χ0v) is 9.50. The van der Waals surface area contributed by atoms with Crippen LogP contribution < -0.4 is 0 Å². The zero-order valence-electron chi connectivity index (χ0n) is 8.69. The van der Waals surface area contributed by atoms with Crippen molar-refractivity contribution in [3.63, 3.8) is 0 Å². The second-order valence-corrected chi connectivity index (χ2v) is 7.42. The van der Waals surface area contributed by atoms with Gasteiger partial charge in [0.1, 0.15) is 0 Å². The molecular weight excluding hydrogens is 188 g/mol. The van der Waals surface area contributed by atoms with Gasteiger partial charge in [0, 0.05) is 29.8 Å². The smallest absolute Gasteiger partial charge is 0.166 e. The number of hydrogen-bond acceptors (Lipinski definition) is 4. The van der Waals surface area contributed by atoms with E-state index in [-0.39, 0.29) is 0 Å². The van der Waals surface area contributed by atoms with Gasteiger partial charge in [-0.3, -0.25) is 0 Å². The van der Waals surface area contributed by atoms with E-state index in [0.717, 1.165) is 12.3 Å². The Balaban J connectivity index is 2.69. The SMILES string of the molecule is CC1CS(C)(ON=O)C(C)CN1C. The molecular formula is C8H18N2O2S. The molecule has 0 aromatic rings. The van der Waals surface area contributed by atoms with Gasteiger partial charge in [-0.25, -0.2) is 0 Å². The average molecular weight is 206 g/mol. The van der Waals surface area contributed by atoms with Gasteiger partial charge in [-0.05, 0) is 14.0 Å². The fraction of sp³-hybridized carbons (Fsp3) is 1.00. The van der Waals surface area contributed by atoms with Crippen LogP contribution in [0, 0.1) is 4.91 Å². The predicted octanol–water partition coefficient (Wildman–Crippen LogP) is 1.76. The van der Waals surface area contributed by atoms with Crippen LogP contribution in [0.15, 0.2) is 5.34 Å². The highest BCUT2D eigenvalue weighted by Crippen LogP contribution is 2.53. The third-order valence-electron chi connectivity index (χ3n) is 2.92. The van der Waals surface area contributed by atoms with E-state index in [1.54, 1.807) is 0 Å². The van der Waals surface area contributed by atoms with E-state index >= 15 is 0 Å². The normalized spacial score (nSPS) is 46.5. The van der Waals surface area contributed by atoms with Crippen LogP contribution in [0.3, 0.4) is 0 Å². The van der Waals surface area contributed by atoms with Crippen molar-refractivity contribution in [1.29, 1.82) is 0 Å². The Hall–Kier alpha value is -0.290. The predicted molar refractivity (Wildman–Crippen MR) is 56.8 cm³/mol. The topological polar surface area (TPSA) is 41.9 Å². The lowest BCUT2D eigenvalue weighted by atomic mass is 10.3. The van der Waals surface area contributed by atoms with Crippen molar-refractivity contribution in [2.75, 3.05) is 25.6 Å². The third kappa shape index (κ3) is 2.14. The summed E-state index contributed by atoms with van der Waals surface area (Å²) >= 11 is 0. The molecule has 13 heavy (non-hydrogen) atoms. The van der Waals surface area contributed by atoms with E-state index in [0.29, 0.717) is 11.3 Å². The van der Waals surface area contributed by atoms with Crippen molar-refractivity contribution in [3.8, 4) is 0 Å². The highest BCUT2D eigenvalue weighted by molar-refractivity contribution is 8.29. The molecule has 0 amide bonds. The first-order valence-corrected chi connectivity index (χ1v) is 6.66. The van der Waals surface area contributed by atoms with E-state index in [1.165, 1.54) is 0 Å². The quantitative estimate of drug-likeness (QED) is 0.510. The molecule has 1 fully saturated rings. The van der Waals surface area contributed by atoms with Gasteiger partial charge in [0.15, 0.2) is 5.34 Å². The molecule has 1 saturated heterocycles. The molecule has 0 aromatic heterocycles. The lowest BCUT2D eigenvalue weighted by Crippen LogP contribution is -2.46. The van der Waals surface area contributed by atoms with Crippen LogP contribution in [-0.2, 0) is 4.28 Å². The standard InChI is InChI=1S/C8H18N2O2S/c1-7-6-13(4,12-9-11)8(2)5-10(7)3/h7-8H,5-6H2,1-4H3. The van der Waals surface area contributed by atoms with E-state index in [1.807, 2.05) is 6.26 Å². The third-order valence-corrected chi connectivity index (χ3v) is 6.32. The summed E-state index contributed by atoms with van der Waals surface area (Å²) in [6.45, 7) is 5.27. The molecule has 4 nitrogen and oxygen atoms in total. The van der Waals surface area contributed by atoms with Crippen LogP contribution in [0.25, 0.3) is 0 Å². The Morgan fingerprint density at radius 1 is 1.54 bits per heavy atom. The molecule has 78 valence electrons. The summed E-state index contributed by atoms with van der Waals surface area (Å²) in [6.07, 6.45) is 2.04. The van der Waals surface area contributed by atoms with Gasteiger partial charge in [0.2, 0.25) is 0 Å². The summed E-state index contributed by atoms with van der Waals surface area (Å²) in [5.74, 6) is 0.941. The maximum atomic E-state index is 10.1. The van der Waals surface area contributed by atoms with E-state index in [9.17, 15) is 4.91 Å². The summed E-state index contributed by atoms with van der Waals surface area (Å²) in [4.78, 5) is 12.4. The summed E-state index contributed by atoms with van der Waals surface area (Å²) in [5, 5.41) is 3.03. The van der Waals surface area contributed by atoms with Crippen molar-refractivity contribution in [2.24, 2.45) is 5.34 Å². The van der Waals surface area contributed by atoms with Gasteiger partial charge < -0.3 is 9.18 Å². The van der Waals surface area contributed by atoms with Gasteiger partial charge in [0.05, 0.1) is 0 Å². The number of nitrogens with zero attached hydrogens (tertiary/aromatic N) is 2. The molecule has 0 aromatic carbocycles. The largest absolute Gasteiger partial charge is 0.312 e. The minimum Gasteiger partial charge on any atom is -0.312 e. The van der Waals surface area contributed by atoms with Gasteiger partial charge in [-0.15, -0.1) is 4.91 Å². The summed E-state index contributed by atoms with van der Waals surface area (Å²) in [7, 11) is 0.834. The van der Waals surface area contributed by atoms with Crippen molar-refractivity contribution in [1.82, 2.24) is 4.90 Å². The second kappa shape index (κ2) is 3.84. The average Bonchev–Trinajstić information content (AvgIpc) is 2.02. The molecule has 3 atom stereocenters. The fourth-order valence-corrected chi connectivity index (χ4v) is 4.13. The second-order valence-electron chi connectivity index (χ2n) is 3.99. The Kier molecular flexibility index (Phi) is 3.18. The number of rotatable bonds is 2. The molecule has 0 spiro atoms. The van der Waals surface area contributed by atoms with Gasteiger partial charge in [-0.1, -0.05) is 17.2 Å². The Labute approximate surface area is 81.1 Å². The minimum absolute atomic E-state index is 0.423. The zero-order chi connectivity index (χ0) is 10.1. The Morgan fingerprint density at radius 3 is 2.69 bits per heavy atom. The maximum absolute atomic E-state index is 10.1. The van der Waals surface area contributed by atoms with Crippen LogP contribution in [0.2, 0.25) is 0 Å². The highest BCUT2D eigenvalue weighted by atomic mass is 32.3. The van der Waals surface area contributed by atoms with Crippen LogP contribution in [0.4, 0.5) is 0 Å². The molecule has 1 aliphatic heterocycles. The van der Waals surface area contributed by atoms with Crippen molar-refractivity contribution in [2.45, 2.75) is 25.1 Å². The lowest BCUT2D eigenvalue weighted by Gasteiger charge is -2.47. The lowest BCUT2D eigenvalue weighted by molar-refractivity contribution is 0.251. The number of hydrogen-bond donors (Lipinski definition) is 0. The van der Waals surface area contributed by atoms with Gasteiger partial charge in [-0.2, -0.15) is 0 Å². The minimum atomic E-state index is -1.27. The monoisotopic (exact) mass is 206 g/mol.